The van der Waals surface area contributed by atoms with Crippen LogP contribution in [-0.2, 0) is 0 Å². The van der Waals surface area contributed by atoms with E-state index < -0.39 is 5.97 Å². The molecule has 6 heteroatoms. The van der Waals surface area contributed by atoms with E-state index in [0.29, 0.717) is 5.69 Å². The summed E-state index contributed by atoms with van der Waals surface area (Å²) in [4.78, 5) is 10.7. The molecule has 17 heavy (non-hydrogen) atoms. The summed E-state index contributed by atoms with van der Waals surface area (Å²) in [5.41, 5.74) is 0.708. The van der Waals surface area contributed by atoms with Gasteiger partial charge in [-0.05, 0) is 24.3 Å². The second kappa shape index (κ2) is 3.98. The molecule has 2 N–H and O–H groups in total. The summed E-state index contributed by atoms with van der Waals surface area (Å²) in [6, 6.07) is 8.81. The highest BCUT2D eigenvalue weighted by Crippen LogP contribution is 2.18. The standard InChI is InChI=1S/C11H7N3O3/c12-6-8-5-10(15)14(13-8)9-3-1-7(2-4-9)11(16)17/h1-5,15H,(H,16,17). The molecule has 84 valence electrons. The van der Waals surface area contributed by atoms with Crippen LogP contribution in [0.5, 0.6) is 5.88 Å². The van der Waals surface area contributed by atoms with Crippen molar-refractivity contribution in [3.05, 3.63) is 41.6 Å². The van der Waals surface area contributed by atoms with Gasteiger partial charge in [0, 0.05) is 6.07 Å². The molecular formula is C11H7N3O3. The highest BCUT2D eigenvalue weighted by Gasteiger charge is 2.09. The minimum atomic E-state index is -1.03. The molecule has 6 nitrogen and oxygen atoms in total. The van der Waals surface area contributed by atoms with Gasteiger partial charge in [-0.1, -0.05) is 0 Å². The number of benzene rings is 1. The molecule has 2 aromatic rings. The van der Waals surface area contributed by atoms with Crippen molar-refractivity contribution in [1.29, 1.82) is 5.26 Å². The molecule has 0 amide bonds. The maximum Gasteiger partial charge on any atom is 0.335 e. The highest BCUT2D eigenvalue weighted by molar-refractivity contribution is 5.87. The van der Waals surface area contributed by atoms with Crippen molar-refractivity contribution in [2.24, 2.45) is 0 Å². The zero-order valence-electron chi connectivity index (χ0n) is 8.53. The summed E-state index contributed by atoms with van der Waals surface area (Å²) in [7, 11) is 0. The Kier molecular flexibility index (Phi) is 2.51. The van der Waals surface area contributed by atoms with Crippen LogP contribution in [0.4, 0.5) is 0 Å². The van der Waals surface area contributed by atoms with E-state index in [1.54, 1.807) is 6.07 Å². The zero-order chi connectivity index (χ0) is 12.4. The molecule has 1 heterocycles. The monoisotopic (exact) mass is 229 g/mol. The molecule has 1 aromatic carbocycles. The lowest BCUT2D eigenvalue weighted by Gasteiger charge is -2.02. The van der Waals surface area contributed by atoms with E-state index in [1.165, 1.54) is 30.3 Å². The third-order valence-corrected chi connectivity index (χ3v) is 2.16. The molecule has 0 bridgehead atoms. The fourth-order valence-corrected chi connectivity index (χ4v) is 1.36. The first kappa shape index (κ1) is 10.7. The molecule has 0 aliphatic carbocycles. The minimum absolute atomic E-state index is 0.0878. The number of hydrogen-bond acceptors (Lipinski definition) is 4. The molecule has 0 saturated carbocycles. The predicted octanol–water partition coefficient (Wildman–Crippen LogP) is 1.15. The lowest BCUT2D eigenvalue weighted by Crippen LogP contribution is -1.99. The Bertz CT molecular complexity index is 608. The molecule has 0 spiro atoms. The van der Waals surface area contributed by atoms with E-state index in [1.807, 2.05) is 0 Å². The molecule has 0 radical (unpaired) electrons. The number of carbonyl (C=O) groups is 1. The van der Waals surface area contributed by atoms with Gasteiger partial charge in [0.1, 0.15) is 6.07 Å². The molecular weight excluding hydrogens is 222 g/mol. The fourth-order valence-electron chi connectivity index (χ4n) is 1.36. The third-order valence-electron chi connectivity index (χ3n) is 2.16. The molecule has 0 unspecified atom stereocenters. The van der Waals surface area contributed by atoms with E-state index in [0.717, 1.165) is 4.68 Å². The van der Waals surface area contributed by atoms with Crippen LogP contribution in [0.1, 0.15) is 16.1 Å². The molecule has 1 aromatic heterocycles. The molecule has 0 fully saturated rings. The number of rotatable bonds is 2. The first-order chi connectivity index (χ1) is 8.11. The summed E-state index contributed by atoms with van der Waals surface area (Å²) in [6.07, 6.45) is 0. The van der Waals surface area contributed by atoms with E-state index in [-0.39, 0.29) is 17.1 Å². The highest BCUT2D eigenvalue weighted by atomic mass is 16.4. The topological polar surface area (TPSA) is 99.1 Å². The average molecular weight is 229 g/mol. The molecule has 2 rings (SSSR count). The van der Waals surface area contributed by atoms with Gasteiger partial charge in [-0.25, -0.2) is 4.79 Å². The number of aromatic nitrogens is 2. The van der Waals surface area contributed by atoms with Gasteiger partial charge < -0.3 is 10.2 Å². The summed E-state index contributed by atoms with van der Waals surface area (Å²) in [5.74, 6) is -1.21. The molecule has 0 saturated heterocycles. The van der Waals surface area contributed by atoms with Gasteiger partial charge in [0.25, 0.3) is 0 Å². The molecule has 0 atom stereocenters. The average Bonchev–Trinajstić information content (AvgIpc) is 2.71. The van der Waals surface area contributed by atoms with Crippen LogP contribution in [0.25, 0.3) is 5.69 Å². The minimum Gasteiger partial charge on any atom is -0.493 e. The van der Waals surface area contributed by atoms with Crippen molar-refractivity contribution in [3.8, 4) is 17.6 Å². The SMILES string of the molecule is N#Cc1cc(O)n(-c2ccc(C(=O)O)cc2)n1. The number of carboxylic acid groups (broad SMARTS) is 1. The second-order valence-electron chi connectivity index (χ2n) is 3.26. The Morgan fingerprint density at radius 1 is 1.35 bits per heavy atom. The predicted molar refractivity (Wildman–Crippen MR) is 56.9 cm³/mol. The summed E-state index contributed by atoms with van der Waals surface area (Å²) < 4.78 is 1.16. The van der Waals surface area contributed by atoms with Gasteiger partial charge >= 0.3 is 5.97 Å². The Morgan fingerprint density at radius 3 is 2.47 bits per heavy atom. The van der Waals surface area contributed by atoms with Gasteiger partial charge in [-0.2, -0.15) is 15.0 Å². The van der Waals surface area contributed by atoms with Crippen molar-refractivity contribution in [2.45, 2.75) is 0 Å². The van der Waals surface area contributed by atoms with Gasteiger partial charge in [0.2, 0.25) is 5.88 Å². The maximum absolute atomic E-state index is 10.7. The number of nitriles is 1. The quantitative estimate of drug-likeness (QED) is 0.804. The number of hydrogen-bond donors (Lipinski definition) is 2. The van der Waals surface area contributed by atoms with Crippen molar-refractivity contribution < 1.29 is 15.0 Å². The van der Waals surface area contributed by atoms with E-state index >= 15 is 0 Å². The van der Waals surface area contributed by atoms with Crippen molar-refractivity contribution in [1.82, 2.24) is 9.78 Å². The Morgan fingerprint density at radius 2 is 2.00 bits per heavy atom. The Hall–Kier alpha value is -2.81. The number of aromatic hydroxyl groups is 1. The van der Waals surface area contributed by atoms with Gasteiger partial charge in [-0.15, -0.1) is 0 Å². The Balaban J connectivity index is 2.43. The largest absolute Gasteiger partial charge is 0.493 e. The zero-order valence-corrected chi connectivity index (χ0v) is 8.53. The van der Waals surface area contributed by atoms with Crippen LogP contribution in [-0.4, -0.2) is 26.0 Å². The lowest BCUT2D eigenvalue weighted by atomic mass is 10.2. The number of carboxylic acids is 1. The second-order valence-corrected chi connectivity index (χ2v) is 3.26. The van der Waals surface area contributed by atoms with Crippen LogP contribution in [0, 0.1) is 11.3 Å². The van der Waals surface area contributed by atoms with Crippen LogP contribution in [0.15, 0.2) is 30.3 Å². The van der Waals surface area contributed by atoms with Crippen LogP contribution in [0.3, 0.4) is 0 Å². The molecule has 0 aliphatic heterocycles. The summed E-state index contributed by atoms with van der Waals surface area (Å²) in [6.45, 7) is 0. The number of nitrogens with zero attached hydrogens (tertiary/aromatic N) is 3. The van der Waals surface area contributed by atoms with E-state index in [2.05, 4.69) is 5.10 Å². The normalized spacial score (nSPS) is 9.82. The van der Waals surface area contributed by atoms with Crippen LogP contribution < -0.4 is 0 Å². The molecule has 0 aliphatic rings. The fraction of sp³-hybridized carbons (Fsp3) is 0. The first-order valence-corrected chi connectivity index (χ1v) is 4.64. The summed E-state index contributed by atoms with van der Waals surface area (Å²) in [5, 5.41) is 30.7. The first-order valence-electron chi connectivity index (χ1n) is 4.64. The van der Waals surface area contributed by atoms with E-state index in [9.17, 15) is 9.90 Å². The number of aromatic carboxylic acids is 1. The van der Waals surface area contributed by atoms with Gasteiger partial charge in [-0.3, -0.25) is 0 Å². The van der Waals surface area contributed by atoms with Gasteiger partial charge in [0.15, 0.2) is 5.69 Å². The smallest absolute Gasteiger partial charge is 0.335 e. The van der Waals surface area contributed by atoms with Gasteiger partial charge in [0.05, 0.1) is 11.3 Å². The third kappa shape index (κ3) is 1.94. The maximum atomic E-state index is 10.7. The van der Waals surface area contributed by atoms with E-state index in [4.69, 9.17) is 10.4 Å². The van der Waals surface area contributed by atoms with Crippen molar-refractivity contribution in [2.75, 3.05) is 0 Å². The van der Waals surface area contributed by atoms with Crippen molar-refractivity contribution >= 4 is 5.97 Å². The summed E-state index contributed by atoms with van der Waals surface area (Å²) >= 11 is 0. The van der Waals surface area contributed by atoms with Crippen molar-refractivity contribution in [3.63, 3.8) is 0 Å². The Labute approximate surface area is 96.0 Å². The van der Waals surface area contributed by atoms with Crippen LogP contribution in [0.2, 0.25) is 0 Å². The lowest BCUT2D eigenvalue weighted by molar-refractivity contribution is 0.0697. The van der Waals surface area contributed by atoms with Crippen LogP contribution >= 0.6 is 0 Å².